The Bertz CT molecular complexity index is 365. The van der Waals surface area contributed by atoms with Crippen molar-refractivity contribution in [2.45, 2.75) is 26.5 Å². The summed E-state index contributed by atoms with van der Waals surface area (Å²) in [5.74, 6) is -0.281. The Morgan fingerprint density at radius 3 is 2.76 bits per heavy atom. The summed E-state index contributed by atoms with van der Waals surface area (Å²) in [6.45, 7) is 4.92. The van der Waals surface area contributed by atoms with Crippen molar-refractivity contribution in [1.29, 1.82) is 0 Å². The van der Waals surface area contributed by atoms with Crippen LogP contribution in [0.2, 0.25) is 0 Å². The van der Waals surface area contributed by atoms with Crippen LogP contribution in [0.1, 0.15) is 19.4 Å². The van der Waals surface area contributed by atoms with E-state index >= 15 is 0 Å². The number of carbonyl (C=O) groups excluding carboxylic acids is 1. The Balaban J connectivity index is 2.72. The molecule has 1 N–H and O–H groups in total. The van der Waals surface area contributed by atoms with E-state index in [9.17, 15) is 4.79 Å². The van der Waals surface area contributed by atoms with E-state index in [1.807, 2.05) is 31.2 Å². The van der Waals surface area contributed by atoms with Crippen molar-refractivity contribution in [1.82, 2.24) is 0 Å². The zero-order valence-electron chi connectivity index (χ0n) is 10.5. The highest BCUT2D eigenvalue weighted by Crippen LogP contribution is 2.17. The Kier molecular flexibility index (Phi) is 5.49. The molecule has 0 aliphatic rings. The van der Waals surface area contributed by atoms with Gasteiger partial charge in [-0.25, -0.2) is 4.79 Å². The smallest absolute Gasteiger partial charge is 0.327 e. The second kappa shape index (κ2) is 6.91. The van der Waals surface area contributed by atoms with Crippen LogP contribution in [0.25, 0.3) is 0 Å². The summed E-state index contributed by atoms with van der Waals surface area (Å²) < 4.78 is 10.0. The minimum Gasteiger partial charge on any atom is -0.467 e. The SMILES string of the molecule is CCOCc1ccccc1NC(C)C(=O)OC. The van der Waals surface area contributed by atoms with Crippen LogP contribution in [0.15, 0.2) is 24.3 Å². The molecule has 0 radical (unpaired) electrons. The molecule has 0 bridgehead atoms. The van der Waals surface area contributed by atoms with Crippen LogP contribution in [-0.4, -0.2) is 25.7 Å². The van der Waals surface area contributed by atoms with Crippen molar-refractivity contribution in [3.05, 3.63) is 29.8 Å². The second-order valence-electron chi connectivity index (χ2n) is 3.68. The van der Waals surface area contributed by atoms with E-state index in [1.54, 1.807) is 6.92 Å². The van der Waals surface area contributed by atoms with Crippen LogP contribution >= 0.6 is 0 Å². The van der Waals surface area contributed by atoms with Gasteiger partial charge in [0, 0.05) is 17.9 Å². The predicted octanol–water partition coefficient (Wildman–Crippen LogP) is 2.20. The fourth-order valence-electron chi connectivity index (χ4n) is 1.47. The minimum atomic E-state index is -0.372. The van der Waals surface area contributed by atoms with E-state index < -0.39 is 0 Å². The third kappa shape index (κ3) is 4.07. The maximum Gasteiger partial charge on any atom is 0.327 e. The highest BCUT2D eigenvalue weighted by molar-refractivity contribution is 5.79. The molecule has 4 heteroatoms. The van der Waals surface area contributed by atoms with Gasteiger partial charge < -0.3 is 14.8 Å². The Morgan fingerprint density at radius 1 is 1.41 bits per heavy atom. The molecule has 0 heterocycles. The molecule has 1 aromatic carbocycles. The molecule has 0 amide bonds. The van der Waals surface area contributed by atoms with Gasteiger partial charge in [-0.1, -0.05) is 18.2 Å². The molecule has 1 unspecified atom stereocenters. The van der Waals surface area contributed by atoms with Gasteiger partial charge in [-0.2, -0.15) is 0 Å². The topological polar surface area (TPSA) is 47.6 Å². The zero-order valence-corrected chi connectivity index (χ0v) is 10.5. The van der Waals surface area contributed by atoms with Gasteiger partial charge in [0.15, 0.2) is 0 Å². The first-order chi connectivity index (χ1) is 8.19. The average Bonchev–Trinajstić information content (AvgIpc) is 2.36. The molecule has 17 heavy (non-hydrogen) atoms. The summed E-state index contributed by atoms with van der Waals surface area (Å²) in [6, 6.07) is 7.39. The fraction of sp³-hybridized carbons (Fsp3) is 0.462. The molecule has 0 spiro atoms. The Labute approximate surface area is 102 Å². The van der Waals surface area contributed by atoms with E-state index in [1.165, 1.54) is 7.11 Å². The van der Waals surface area contributed by atoms with E-state index in [4.69, 9.17) is 4.74 Å². The summed E-state index contributed by atoms with van der Waals surface area (Å²) in [4.78, 5) is 11.3. The van der Waals surface area contributed by atoms with E-state index in [0.29, 0.717) is 13.2 Å². The third-order valence-electron chi connectivity index (χ3n) is 2.41. The van der Waals surface area contributed by atoms with Gasteiger partial charge in [-0.05, 0) is 19.9 Å². The Morgan fingerprint density at radius 2 is 2.12 bits per heavy atom. The molecular weight excluding hydrogens is 218 g/mol. The van der Waals surface area contributed by atoms with Crippen LogP contribution in [0.5, 0.6) is 0 Å². The summed E-state index contributed by atoms with van der Waals surface area (Å²) in [7, 11) is 1.38. The normalized spacial score (nSPS) is 11.9. The Hall–Kier alpha value is -1.55. The number of rotatable bonds is 6. The standard InChI is InChI=1S/C13H19NO3/c1-4-17-9-11-7-5-6-8-12(11)14-10(2)13(15)16-3/h5-8,10,14H,4,9H2,1-3H3. The van der Waals surface area contributed by atoms with Gasteiger partial charge in [-0.3, -0.25) is 0 Å². The molecule has 0 aliphatic heterocycles. The molecule has 0 aromatic heterocycles. The van der Waals surface area contributed by atoms with Crippen molar-refractivity contribution in [3.8, 4) is 0 Å². The van der Waals surface area contributed by atoms with Gasteiger partial charge in [-0.15, -0.1) is 0 Å². The summed E-state index contributed by atoms with van der Waals surface area (Å²) in [5, 5.41) is 3.12. The number of ether oxygens (including phenoxy) is 2. The maximum atomic E-state index is 11.3. The van der Waals surface area contributed by atoms with E-state index in [-0.39, 0.29) is 12.0 Å². The van der Waals surface area contributed by atoms with Crippen LogP contribution in [0, 0.1) is 0 Å². The first-order valence-electron chi connectivity index (χ1n) is 5.69. The number of carbonyl (C=O) groups is 1. The lowest BCUT2D eigenvalue weighted by atomic mass is 10.1. The molecule has 0 saturated carbocycles. The van der Waals surface area contributed by atoms with E-state index in [0.717, 1.165) is 11.3 Å². The molecule has 1 atom stereocenters. The molecular formula is C13H19NO3. The van der Waals surface area contributed by atoms with Gasteiger partial charge in [0.1, 0.15) is 6.04 Å². The number of anilines is 1. The largest absolute Gasteiger partial charge is 0.467 e. The third-order valence-corrected chi connectivity index (χ3v) is 2.41. The number of benzene rings is 1. The lowest BCUT2D eigenvalue weighted by Crippen LogP contribution is -2.27. The number of hydrogen-bond acceptors (Lipinski definition) is 4. The first kappa shape index (κ1) is 13.5. The van der Waals surface area contributed by atoms with Crippen molar-refractivity contribution in [2.24, 2.45) is 0 Å². The van der Waals surface area contributed by atoms with Gasteiger partial charge in [0.2, 0.25) is 0 Å². The van der Waals surface area contributed by atoms with Gasteiger partial charge >= 0.3 is 5.97 Å². The van der Waals surface area contributed by atoms with Crippen LogP contribution in [0.3, 0.4) is 0 Å². The molecule has 4 nitrogen and oxygen atoms in total. The zero-order chi connectivity index (χ0) is 12.7. The lowest BCUT2D eigenvalue weighted by Gasteiger charge is -2.16. The average molecular weight is 237 g/mol. The number of para-hydroxylation sites is 1. The molecule has 0 aliphatic carbocycles. The number of nitrogens with one attached hydrogen (secondary N) is 1. The monoisotopic (exact) mass is 237 g/mol. The summed E-state index contributed by atoms with van der Waals surface area (Å²) in [6.07, 6.45) is 0. The maximum absolute atomic E-state index is 11.3. The van der Waals surface area contributed by atoms with Crippen LogP contribution < -0.4 is 5.32 Å². The summed E-state index contributed by atoms with van der Waals surface area (Å²) >= 11 is 0. The van der Waals surface area contributed by atoms with Gasteiger partial charge in [0.05, 0.1) is 13.7 Å². The van der Waals surface area contributed by atoms with Crippen molar-refractivity contribution < 1.29 is 14.3 Å². The molecule has 1 aromatic rings. The number of methoxy groups -OCH3 is 1. The van der Waals surface area contributed by atoms with Crippen LogP contribution in [0.4, 0.5) is 5.69 Å². The number of hydrogen-bond donors (Lipinski definition) is 1. The quantitative estimate of drug-likeness (QED) is 0.770. The fourth-order valence-corrected chi connectivity index (χ4v) is 1.47. The van der Waals surface area contributed by atoms with Crippen LogP contribution in [-0.2, 0) is 20.9 Å². The minimum absolute atomic E-state index is 0.281. The summed E-state index contributed by atoms with van der Waals surface area (Å²) in [5.41, 5.74) is 1.93. The van der Waals surface area contributed by atoms with Gasteiger partial charge in [0.25, 0.3) is 0 Å². The molecule has 0 saturated heterocycles. The molecule has 1 rings (SSSR count). The van der Waals surface area contributed by atoms with E-state index in [2.05, 4.69) is 10.1 Å². The predicted molar refractivity (Wildman–Crippen MR) is 66.9 cm³/mol. The lowest BCUT2D eigenvalue weighted by molar-refractivity contribution is -0.141. The first-order valence-corrected chi connectivity index (χ1v) is 5.69. The highest BCUT2D eigenvalue weighted by Gasteiger charge is 2.13. The number of esters is 1. The molecule has 94 valence electrons. The van der Waals surface area contributed by atoms with Crippen molar-refractivity contribution in [2.75, 3.05) is 19.0 Å². The second-order valence-corrected chi connectivity index (χ2v) is 3.68. The van der Waals surface area contributed by atoms with Crippen molar-refractivity contribution in [3.63, 3.8) is 0 Å². The molecule has 0 fully saturated rings. The highest BCUT2D eigenvalue weighted by atomic mass is 16.5. The van der Waals surface area contributed by atoms with Crippen molar-refractivity contribution >= 4 is 11.7 Å².